The third-order valence-electron chi connectivity index (χ3n) is 6.39. The number of benzene rings is 1. The van der Waals surface area contributed by atoms with E-state index in [9.17, 15) is 22.8 Å². The molecule has 1 aliphatic rings. The first-order valence-corrected chi connectivity index (χ1v) is 13.2. The van der Waals surface area contributed by atoms with E-state index in [0.29, 0.717) is 54.3 Å². The normalized spacial score (nSPS) is 14.4. The first-order valence-electron chi connectivity index (χ1n) is 12.0. The van der Waals surface area contributed by atoms with Crippen LogP contribution in [0.4, 0.5) is 24.5 Å². The molecule has 13 heteroatoms. The van der Waals surface area contributed by atoms with Gasteiger partial charge in [0, 0.05) is 36.8 Å². The van der Waals surface area contributed by atoms with Gasteiger partial charge in [-0.1, -0.05) is 18.5 Å². The average Bonchev–Trinajstić information content (AvgIpc) is 3.24. The first kappa shape index (κ1) is 26.4. The summed E-state index contributed by atoms with van der Waals surface area (Å²) in [6.45, 7) is 6.25. The third-order valence-corrected chi connectivity index (χ3v) is 7.64. The minimum atomic E-state index is -4.55. The van der Waals surface area contributed by atoms with Crippen molar-refractivity contribution in [2.24, 2.45) is 0 Å². The molecule has 1 amide bonds. The Hall–Kier alpha value is -3.22. The number of amides is 1. The molecule has 0 atom stereocenters. The number of nitrogens with zero attached hydrogens (tertiary/aromatic N) is 4. The van der Waals surface area contributed by atoms with Crippen LogP contribution in [0.1, 0.15) is 23.1 Å². The molecule has 0 unspecified atom stereocenters. The molecule has 0 aliphatic carbocycles. The molecule has 38 heavy (non-hydrogen) atoms. The lowest BCUT2D eigenvalue weighted by Gasteiger charge is -2.31. The number of alkyl halides is 3. The number of aromatic nitrogens is 3. The fourth-order valence-corrected chi connectivity index (χ4v) is 5.72. The number of hydrogen-bond donors (Lipinski definition) is 2. The molecule has 3 aromatic heterocycles. The highest BCUT2D eigenvalue weighted by molar-refractivity contribution is 7.18. The van der Waals surface area contributed by atoms with Gasteiger partial charge in [-0.05, 0) is 37.6 Å². The minimum absolute atomic E-state index is 0.0535. The number of carbonyl (C=O) groups excluding carboxylic acids is 1. The van der Waals surface area contributed by atoms with Crippen molar-refractivity contribution in [3.8, 4) is 0 Å². The molecule has 1 aromatic carbocycles. The molecule has 2 N–H and O–H groups in total. The van der Waals surface area contributed by atoms with Gasteiger partial charge in [-0.3, -0.25) is 9.59 Å². The van der Waals surface area contributed by atoms with Crippen molar-refractivity contribution in [1.29, 1.82) is 0 Å². The molecule has 5 rings (SSSR count). The topological polar surface area (TPSA) is 92.2 Å². The van der Waals surface area contributed by atoms with Gasteiger partial charge in [0.15, 0.2) is 11.2 Å². The SMILES string of the molecule is CCc1c(N2CCNCC2)c(=O)c2nc3cc(C)sc3nc2n1CC(=O)Nc1ccc(C(F)(F)F)cc1Cl. The lowest BCUT2D eigenvalue weighted by atomic mass is 10.1. The van der Waals surface area contributed by atoms with Crippen LogP contribution in [-0.2, 0) is 23.9 Å². The number of fused-ring (bicyclic) bond motifs is 2. The van der Waals surface area contributed by atoms with E-state index in [0.717, 1.165) is 23.1 Å². The van der Waals surface area contributed by atoms with Gasteiger partial charge in [-0.25, -0.2) is 9.97 Å². The standard InChI is InChI=1S/C25H24ClF3N6O2S/c1-3-18-21(34-8-6-30-7-9-34)22(37)20-23(33-24-17(32-20)10-13(2)38-24)35(18)12-19(36)31-16-5-4-14(11-15(16)26)25(27,28)29/h4-5,10-11,30H,3,6-9,12H2,1-2H3,(H,31,36). The van der Waals surface area contributed by atoms with E-state index in [-0.39, 0.29) is 33.8 Å². The van der Waals surface area contributed by atoms with Crippen molar-refractivity contribution in [3.05, 3.63) is 55.6 Å². The van der Waals surface area contributed by atoms with E-state index >= 15 is 0 Å². The predicted molar refractivity (Wildman–Crippen MR) is 143 cm³/mol. The van der Waals surface area contributed by atoms with E-state index in [4.69, 9.17) is 16.6 Å². The van der Waals surface area contributed by atoms with Crippen LogP contribution in [0, 0.1) is 6.92 Å². The van der Waals surface area contributed by atoms with Gasteiger partial charge < -0.3 is 20.1 Å². The average molecular weight is 565 g/mol. The summed E-state index contributed by atoms with van der Waals surface area (Å²) in [6, 6.07) is 4.62. The molecule has 0 saturated carbocycles. The number of anilines is 2. The Kier molecular flexibility index (Phi) is 7.05. The zero-order valence-electron chi connectivity index (χ0n) is 20.6. The van der Waals surface area contributed by atoms with Crippen LogP contribution >= 0.6 is 22.9 Å². The summed E-state index contributed by atoms with van der Waals surface area (Å²) in [5, 5.41) is 5.65. The van der Waals surface area contributed by atoms with Crippen molar-refractivity contribution in [1.82, 2.24) is 19.9 Å². The fraction of sp³-hybridized carbons (Fsp3) is 0.360. The van der Waals surface area contributed by atoms with Crippen LogP contribution in [0.5, 0.6) is 0 Å². The molecule has 8 nitrogen and oxygen atoms in total. The number of carbonyl (C=O) groups is 1. The van der Waals surface area contributed by atoms with E-state index in [1.54, 1.807) is 4.57 Å². The first-order chi connectivity index (χ1) is 18.1. The smallest absolute Gasteiger partial charge is 0.364 e. The summed E-state index contributed by atoms with van der Waals surface area (Å²) in [7, 11) is 0. The van der Waals surface area contributed by atoms with Crippen LogP contribution in [0.2, 0.25) is 5.02 Å². The van der Waals surface area contributed by atoms with E-state index in [1.165, 1.54) is 11.3 Å². The summed E-state index contributed by atoms with van der Waals surface area (Å²) in [5.41, 5.74) is 1.10. The van der Waals surface area contributed by atoms with E-state index in [1.807, 2.05) is 24.8 Å². The number of rotatable bonds is 5. The highest BCUT2D eigenvalue weighted by Gasteiger charge is 2.31. The molecule has 0 spiro atoms. The lowest BCUT2D eigenvalue weighted by molar-refractivity contribution is -0.137. The van der Waals surface area contributed by atoms with E-state index < -0.39 is 17.6 Å². The van der Waals surface area contributed by atoms with Crippen molar-refractivity contribution >= 4 is 61.7 Å². The summed E-state index contributed by atoms with van der Waals surface area (Å²) >= 11 is 7.49. The maximum atomic E-state index is 13.8. The van der Waals surface area contributed by atoms with Gasteiger partial charge in [0.25, 0.3) is 0 Å². The number of pyridine rings is 1. The van der Waals surface area contributed by atoms with Crippen molar-refractivity contribution in [2.45, 2.75) is 33.0 Å². The maximum absolute atomic E-state index is 13.8. The summed E-state index contributed by atoms with van der Waals surface area (Å²) in [5.74, 6) is -0.526. The Labute approximate surface area is 224 Å². The second-order valence-electron chi connectivity index (χ2n) is 8.98. The zero-order chi connectivity index (χ0) is 27.2. The zero-order valence-corrected chi connectivity index (χ0v) is 22.1. The van der Waals surface area contributed by atoms with Gasteiger partial charge in [-0.15, -0.1) is 11.3 Å². The van der Waals surface area contributed by atoms with Crippen molar-refractivity contribution in [3.63, 3.8) is 0 Å². The van der Waals surface area contributed by atoms with Crippen molar-refractivity contribution < 1.29 is 18.0 Å². The number of thiophene rings is 1. The summed E-state index contributed by atoms with van der Waals surface area (Å²) < 4.78 is 40.8. The molecule has 1 aliphatic heterocycles. The van der Waals surface area contributed by atoms with Gasteiger partial charge >= 0.3 is 6.18 Å². The lowest BCUT2D eigenvalue weighted by Crippen LogP contribution is -2.46. The van der Waals surface area contributed by atoms with Crippen LogP contribution in [0.25, 0.3) is 21.5 Å². The number of piperazine rings is 1. The Balaban J connectivity index is 1.61. The second kappa shape index (κ2) is 10.2. The van der Waals surface area contributed by atoms with Gasteiger partial charge in [0.05, 0.1) is 16.3 Å². The van der Waals surface area contributed by atoms with Crippen LogP contribution < -0.4 is 21.0 Å². The minimum Gasteiger partial charge on any atom is -0.364 e. The maximum Gasteiger partial charge on any atom is 0.416 e. The molecule has 4 heterocycles. The molecule has 0 radical (unpaired) electrons. The quantitative estimate of drug-likeness (QED) is 0.368. The highest BCUT2D eigenvalue weighted by atomic mass is 35.5. The second-order valence-corrected chi connectivity index (χ2v) is 10.6. The van der Waals surface area contributed by atoms with Crippen LogP contribution in [0.15, 0.2) is 29.1 Å². The monoisotopic (exact) mass is 564 g/mol. The van der Waals surface area contributed by atoms with Gasteiger partial charge in [0.2, 0.25) is 11.3 Å². The highest BCUT2D eigenvalue weighted by Crippen LogP contribution is 2.34. The molecule has 0 bridgehead atoms. The molecule has 1 saturated heterocycles. The predicted octanol–water partition coefficient (Wildman–Crippen LogP) is 4.60. The Morgan fingerprint density at radius 2 is 1.95 bits per heavy atom. The number of halogens is 4. The molecular weight excluding hydrogens is 541 g/mol. The van der Waals surface area contributed by atoms with Crippen LogP contribution in [-0.4, -0.2) is 46.6 Å². The molecule has 1 fully saturated rings. The molecule has 4 aromatic rings. The number of nitrogens with one attached hydrogen (secondary N) is 2. The number of hydrogen-bond acceptors (Lipinski definition) is 7. The molecule has 200 valence electrons. The summed E-state index contributed by atoms with van der Waals surface area (Å²) in [4.78, 5) is 40.0. The Bertz CT molecular complexity index is 1610. The third kappa shape index (κ3) is 4.95. The van der Waals surface area contributed by atoms with Crippen LogP contribution in [0.3, 0.4) is 0 Å². The van der Waals surface area contributed by atoms with Gasteiger partial charge in [-0.2, -0.15) is 13.2 Å². The fourth-order valence-electron chi connectivity index (χ4n) is 4.68. The van der Waals surface area contributed by atoms with E-state index in [2.05, 4.69) is 15.6 Å². The summed E-state index contributed by atoms with van der Waals surface area (Å²) in [6.07, 6.45) is -4.11. The Morgan fingerprint density at radius 3 is 2.61 bits per heavy atom. The van der Waals surface area contributed by atoms with Crippen molar-refractivity contribution in [2.75, 3.05) is 36.4 Å². The Morgan fingerprint density at radius 1 is 1.21 bits per heavy atom. The largest absolute Gasteiger partial charge is 0.416 e. The molecular formula is C25H24ClF3N6O2S. The van der Waals surface area contributed by atoms with Gasteiger partial charge in [0.1, 0.15) is 22.6 Å². The number of aryl methyl sites for hydroxylation is 1.